The highest BCUT2D eigenvalue weighted by atomic mass is 35.5. The van der Waals surface area contributed by atoms with Crippen LogP contribution < -0.4 is 10.6 Å². The molecule has 3 aromatic rings. The highest BCUT2D eigenvalue weighted by Gasteiger charge is 2.17. The molecule has 7 heteroatoms. The van der Waals surface area contributed by atoms with Gasteiger partial charge in [-0.25, -0.2) is 9.97 Å². The van der Waals surface area contributed by atoms with Gasteiger partial charge in [0.1, 0.15) is 5.69 Å². The van der Waals surface area contributed by atoms with Crippen molar-refractivity contribution in [1.29, 1.82) is 0 Å². The summed E-state index contributed by atoms with van der Waals surface area (Å²) in [4.78, 5) is 17.1. The third-order valence-corrected chi connectivity index (χ3v) is 3.88. The van der Waals surface area contributed by atoms with Gasteiger partial charge in [-0.3, -0.25) is 9.98 Å². The SMILES string of the molecule is Clc1cc(NC2=NCc3cccnc32)ccc1Nc1ncccn1. The summed E-state index contributed by atoms with van der Waals surface area (Å²) in [6, 6.07) is 11.3. The minimum atomic E-state index is 0.499. The zero-order valence-electron chi connectivity index (χ0n) is 12.6. The van der Waals surface area contributed by atoms with E-state index in [9.17, 15) is 0 Å². The molecule has 6 nitrogen and oxygen atoms in total. The van der Waals surface area contributed by atoms with Gasteiger partial charge in [-0.2, -0.15) is 0 Å². The Kier molecular flexibility index (Phi) is 3.80. The van der Waals surface area contributed by atoms with Crippen LogP contribution in [-0.4, -0.2) is 20.8 Å². The second-order valence-electron chi connectivity index (χ2n) is 5.19. The Morgan fingerprint density at radius 3 is 2.58 bits per heavy atom. The van der Waals surface area contributed by atoms with Crippen molar-refractivity contribution in [2.45, 2.75) is 6.54 Å². The second kappa shape index (κ2) is 6.25. The van der Waals surface area contributed by atoms with Gasteiger partial charge in [0.15, 0.2) is 5.84 Å². The molecule has 1 aliphatic rings. The molecule has 1 aliphatic heterocycles. The van der Waals surface area contributed by atoms with Gasteiger partial charge < -0.3 is 10.6 Å². The topological polar surface area (TPSA) is 75.1 Å². The van der Waals surface area contributed by atoms with Crippen LogP contribution in [0, 0.1) is 0 Å². The molecule has 0 unspecified atom stereocenters. The molecule has 118 valence electrons. The Morgan fingerprint density at radius 2 is 1.75 bits per heavy atom. The summed E-state index contributed by atoms with van der Waals surface area (Å²) in [5, 5.41) is 6.92. The fraction of sp³-hybridized carbons (Fsp3) is 0.0588. The molecule has 0 aliphatic carbocycles. The maximum absolute atomic E-state index is 6.35. The van der Waals surface area contributed by atoms with Gasteiger partial charge in [0.05, 0.1) is 17.3 Å². The molecule has 0 saturated carbocycles. The fourth-order valence-corrected chi connectivity index (χ4v) is 2.66. The number of benzene rings is 1. The lowest BCUT2D eigenvalue weighted by molar-refractivity contribution is 1.09. The third-order valence-electron chi connectivity index (χ3n) is 3.57. The van der Waals surface area contributed by atoms with E-state index in [-0.39, 0.29) is 0 Å². The van der Waals surface area contributed by atoms with E-state index in [1.54, 1.807) is 24.7 Å². The molecule has 24 heavy (non-hydrogen) atoms. The predicted molar refractivity (Wildman–Crippen MR) is 94.9 cm³/mol. The van der Waals surface area contributed by atoms with Crippen molar-refractivity contribution in [2.24, 2.45) is 4.99 Å². The van der Waals surface area contributed by atoms with E-state index >= 15 is 0 Å². The van der Waals surface area contributed by atoms with Gasteiger partial charge in [0, 0.05) is 29.8 Å². The van der Waals surface area contributed by atoms with E-state index < -0.39 is 0 Å². The van der Waals surface area contributed by atoms with E-state index in [1.165, 1.54) is 0 Å². The van der Waals surface area contributed by atoms with E-state index in [4.69, 9.17) is 11.6 Å². The van der Waals surface area contributed by atoms with Crippen LogP contribution in [0.1, 0.15) is 11.3 Å². The van der Waals surface area contributed by atoms with Crippen LogP contribution in [0.3, 0.4) is 0 Å². The zero-order valence-corrected chi connectivity index (χ0v) is 13.3. The van der Waals surface area contributed by atoms with Crippen LogP contribution in [0.5, 0.6) is 0 Å². The van der Waals surface area contributed by atoms with Gasteiger partial charge in [-0.05, 0) is 30.3 Å². The van der Waals surface area contributed by atoms with Crippen LogP contribution in [-0.2, 0) is 6.54 Å². The summed E-state index contributed by atoms with van der Waals surface area (Å²) in [7, 11) is 0. The first-order valence-corrected chi connectivity index (χ1v) is 7.77. The lowest BCUT2D eigenvalue weighted by atomic mass is 10.2. The number of anilines is 3. The maximum atomic E-state index is 6.35. The lowest BCUT2D eigenvalue weighted by Gasteiger charge is -2.10. The normalized spacial score (nSPS) is 12.5. The van der Waals surface area contributed by atoms with E-state index in [1.807, 2.05) is 30.3 Å². The summed E-state index contributed by atoms with van der Waals surface area (Å²) < 4.78 is 0. The smallest absolute Gasteiger partial charge is 0.227 e. The minimum Gasteiger partial charge on any atom is -0.339 e. The maximum Gasteiger partial charge on any atom is 0.227 e. The Labute approximate surface area is 143 Å². The van der Waals surface area contributed by atoms with Crippen molar-refractivity contribution in [1.82, 2.24) is 15.0 Å². The molecule has 0 amide bonds. The molecule has 1 aromatic carbocycles. The molecular formula is C17H13ClN6. The molecule has 0 atom stereocenters. The molecule has 4 rings (SSSR count). The van der Waals surface area contributed by atoms with Crippen LogP contribution in [0.25, 0.3) is 0 Å². The van der Waals surface area contributed by atoms with Crippen molar-refractivity contribution in [2.75, 3.05) is 10.6 Å². The van der Waals surface area contributed by atoms with Gasteiger partial charge >= 0.3 is 0 Å². The molecule has 0 saturated heterocycles. The monoisotopic (exact) mass is 336 g/mol. The predicted octanol–water partition coefficient (Wildman–Crippen LogP) is 3.64. The highest BCUT2D eigenvalue weighted by Crippen LogP contribution is 2.28. The van der Waals surface area contributed by atoms with Crippen LogP contribution in [0.4, 0.5) is 17.3 Å². The number of aromatic nitrogens is 3. The number of nitrogens with zero attached hydrogens (tertiary/aromatic N) is 4. The first-order chi connectivity index (χ1) is 11.8. The standard InChI is InChI=1S/C17H13ClN6/c18-13-9-12(4-5-14(13)24-17-20-7-2-8-21-17)23-16-15-11(10-22-16)3-1-6-19-15/h1-9H,10H2,(H,22,23)(H,20,21,24). The van der Waals surface area contributed by atoms with Crippen molar-refractivity contribution in [3.05, 3.63) is 71.3 Å². The molecule has 0 bridgehead atoms. The fourth-order valence-electron chi connectivity index (χ4n) is 2.43. The number of fused-ring (bicyclic) bond motifs is 1. The largest absolute Gasteiger partial charge is 0.339 e. The summed E-state index contributed by atoms with van der Waals surface area (Å²) >= 11 is 6.35. The Balaban J connectivity index is 1.53. The quantitative estimate of drug-likeness (QED) is 0.763. The van der Waals surface area contributed by atoms with Gasteiger partial charge in [-0.15, -0.1) is 0 Å². The molecule has 3 heterocycles. The number of rotatable bonds is 3. The molecule has 0 radical (unpaired) electrons. The molecule has 2 N–H and O–H groups in total. The number of nitrogens with one attached hydrogen (secondary N) is 2. The summed E-state index contributed by atoms with van der Waals surface area (Å²) in [6.45, 7) is 0.643. The number of aliphatic imine (C=N–C) groups is 1. The molecule has 2 aromatic heterocycles. The van der Waals surface area contributed by atoms with Crippen LogP contribution in [0.2, 0.25) is 5.02 Å². The van der Waals surface area contributed by atoms with E-state index in [0.29, 0.717) is 17.5 Å². The number of amidine groups is 1. The highest BCUT2D eigenvalue weighted by molar-refractivity contribution is 6.33. The van der Waals surface area contributed by atoms with Gasteiger partial charge in [0.2, 0.25) is 5.95 Å². The first kappa shape index (κ1) is 14.6. The number of pyridine rings is 1. The van der Waals surface area contributed by atoms with Gasteiger partial charge in [0.25, 0.3) is 0 Å². The van der Waals surface area contributed by atoms with Gasteiger partial charge in [-0.1, -0.05) is 17.7 Å². The molecule has 0 spiro atoms. The van der Waals surface area contributed by atoms with Crippen molar-refractivity contribution in [3.63, 3.8) is 0 Å². The van der Waals surface area contributed by atoms with Crippen LogP contribution in [0.15, 0.2) is 60.0 Å². The second-order valence-corrected chi connectivity index (χ2v) is 5.60. The summed E-state index contributed by atoms with van der Waals surface area (Å²) in [5.41, 5.74) is 3.58. The zero-order chi connectivity index (χ0) is 16.4. The van der Waals surface area contributed by atoms with E-state index in [2.05, 4.69) is 30.6 Å². The Hall–Kier alpha value is -2.99. The first-order valence-electron chi connectivity index (χ1n) is 7.39. The summed E-state index contributed by atoms with van der Waals surface area (Å²) in [6.07, 6.45) is 5.10. The minimum absolute atomic E-state index is 0.499. The molecule has 0 fully saturated rings. The summed E-state index contributed by atoms with van der Waals surface area (Å²) in [5.74, 6) is 1.26. The number of hydrogen-bond donors (Lipinski definition) is 2. The third kappa shape index (κ3) is 2.91. The molecular weight excluding hydrogens is 324 g/mol. The Bertz CT molecular complexity index is 910. The average Bonchev–Trinajstić information content (AvgIpc) is 3.01. The van der Waals surface area contributed by atoms with Crippen molar-refractivity contribution < 1.29 is 0 Å². The Morgan fingerprint density at radius 1 is 0.917 bits per heavy atom. The van der Waals surface area contributed by atoms with E-state index in [0.717, 1.165) is 28.5 Å². The number of hydrogen-bond acceptors (Lipinski definition) is 6. The van der Waals surface area contributed by atoms with Crippen molar-refractivity contribution >= 4 is 34.8 Å². The van der Waals surface area contributed by atoms with Crippen LogP contribution >= 0.6 is 11.6 Å². The number of halogens is 1. The average molecular weight is 337 g/mol. The lowest BCUT2D eigenvalue weighted by Crippen LogP contribution is -2.13. The van der Waals surface area contributed by atoms with Crippen molar-refractivity contribution in [3.8, 4) is 0 Å².